The summed E-state index contributed by atoms with van der Waals surface area (Å²) in [6.45, 7) is 10.4. The Balaban J connectivity index is 0.00000364. The Kier molecular flexibility index (Phi) is 11.5. The van der Waals surface area contributed by atoms with E-state index in [4.69, 9.17) is 20.8 Å². The number of halogens is 1. The van der Waals surface area contributed by atoms with Gasteiger partial charge in [0.1, 0.15) is 0 Å². The lowest BCUT2D eigenvalue weighted by Gasteiger charge is -2.33. The predicted molar refractivity (Wildman–Crippen MR) is 117 cm³/mol. The molecule has 1 aliphatic rings. The molecule has 154 valence electrons. The van der Waals surface area contributed by atoms with Gasteiger partial charge in [0.05, 0.1) is 0 Å². The molecule has 1 aliphatic heterocycles. The molecule has 5 nitrogen and oxygen atoms in total. The van der Waals surface area contributed by atoms with Gasteiger partial charge in [-0.25, -0.2) is 0 Å². The van der Waals surface area contributed by atoms with Crippen LogP contribution in [0.15, 0.2) is 24.3 Å². The summed E-state index contributed by atoms with van der Waals surface area (Å²) in [7, 11) is -0.245. The lowest BCUT2D eigenvalue weighted by molar-refractivity contribution is 0.0343. The normalized spacial score (nSPS) is 16.4. The van der Waals surface area contributed by atoms with Gasteiger partial charge in [-0.15, -0.1) is 12.4 Å². The second-order valence-electron chi connectivity index (χ2n) is 8.13. The number of benzene rings is 1. The van der Waals surface area contributed by atoms with E-state index in [2.05, 4.69) is 43.0 Å². The van der Waals surface area contributed by atoms with Crippen LogP contribution in [0, 0.1) is 5.41 Å². The molecule has 0 aromatic heterocycles. The molecule has 0 amide bonds. The van der Waals surface area contributed by atoms with Gasteiger partial charge >= 0.3 is 7.12 Å². The first-order valence-electron chi connectivity index (χ1n) is 9.98. The number of hydrogen-bond acceptors (Lipinski definition) is 5. The fraction of sp³-hybridized carbons (Fsp3) is 0.700. The van der Waals surface area contributed by atoms with Gasteiger partial charge in [-0.1, -0.05) is 38.1 Å². The molecule has 0 bridgehead atoms. The summed E-state index contributed by atoms with van der Waals surface area (Å²) in [5.41, 5.74) is 13.8. The summed E-state index contributed by atoms with van der Waals surface area (Å²) in [6.07, 6.45) is 4.44. The second-order valence-corrected chi connectivity index (χ2v) is 8.13. The Labute approximate surface area is 171 Å². The zero-order chi connectivity index (χ0) is 18.8. The van der Waals surface area contributed by atoms with E-state index >= 15 is 0 Å². The zero-order valence-corrected chi connectivity index (χ0v) is 17.8. The number of nitrogens with two attached hydrogens (primary N) is 2. The number of rotatable bonds is 11. The topological polar surface area (TPSA) is 73.7 Å². The van der Waals surface area contributed by atoms with Crippen LogP contribution in [0.2, 0.25) is 0 Å². The lowest BCUT2D eigenvalue weighted by Crippen LogP contribution is -2.47. The first kappa shape index (κ1) is 24.4. The fourth-order valence-corrected chi connectivity index (χ4v) is 3.21. The quantitative estimate of drug-likeness (QED) is 0.442. The third-order valence-electron chi connectivity index (χ3n) is 4.74. The van der Waals surface area contributed by atoms with Crippen molar-refractivity contribution in [3.8, 4) is 0 Å². The first-order chi connectivity index (χ1) is 12.5. The third-order valence-corrected chi connectivity index (χ3v) is 4.74. The molecule has 1 heterocycles. The minimum atomic E-state index is -0.245. The SMILES string of the molecule is CC1(C)COB(c2cccc(CN(CCCCN)CCCCN)c2)OC1.Cl. The van der Waals surface area contributed by atoms with Crippen LogP contribution in [0.5, 0.6) is 0 Å². The molecule has 0 atom stereocenters. The van der Waals surface area contributed by atoms with E-state index in [1.54, 1.807) is 0 Å². The third kappa shape index (κ3) is 8.94. The summed E-state index contributed by atoms with van der Waals surface area (Å²) in [6, 6.07) is 8.62. The van der Waals surface area contributed by atoms with Gasteiger partial charge in [0.25, 0.3) is 0 Å². The number of nitrogens with zero attached hydrogens (tertiary/aromatic N) is 1. The molecule has 27 heavy (non-hydrogen) atoms. The van der Waals surface area contributed by atoms with Crippen molar-refractivity contribution in [1.29, 1.82) is 0 Å². The summed E-state index contributed by atoms with van der Waals surface area (Å²) >= 11 is 0. The van der Waals surface area contributed by atoms with E-state index < -0.39 is 0 Å². The summed E-state index contributed by atoms with van der Waals surface area (Å²) in [4.78, 5) is 2.51. The van der Waals surface area contributed by atoms with Crippen molar-refractivity contribution in [2.24, 2.45) is 16.9 Å². The van der Waals surface area contributed by atoms with Crippen LogP contribution in [0.4, 0.5) is 0 Å². The maximum absolute atomic E-state index is 5.93. The van der Waals surface area contributed by atoms with E-state index in [9.17, 15) is 0 Å². The number of unbranched alkanes of at least 4 members (excludes halogenated alkanes) is 2. The second kappa shape index (κ2) is 12.8. The molecule has 0 unspecified atom stereocenters. The molecule has 0 spiro atoms. The summed E-state index contributed by atoms with van der Waals surface area (Å²) < 4.78 is 11.9. The monoisotopic (exact) mass is 397 g/mol. The highest BCUT2D eigenvalue weighted by Gasteiger charge is 2.33. The zero-order valence-electron chi connectivity index (χ0n) is 17.0. The maximum Gasteiger partial charge on any atom is 0.493 e. The van der Waals surface area contributed by atoms with E-state index in [0.29, 0.717) is 0 Å². The molecular weight excluding hydrogens is 361 g/mol. The smallest absolute Gasteiger partial charge is 0.407 e. The minimum absolute atomic E-state index is 0. The van der Waals surface area contributed by atoms with E-state index in [1.165, 1.54) is 5.56 Å². The molecular formula is C20H37BClN3O2. The van der Waals surface area contributed by atoms with Gasteiger partial charge in [0.2, 0.25) is 0 Å². The van der Waals surface area contributed by atoms with Gasteiger partial charge in [-0.05, 0) is 62.9 Å². The van der Waals surface area contributed by atoms with Crippen molar-refractivity contribution in [1.82, 2.24) is 4.90 Å². The van der Waals surface area contributed by atoms with Crippen LogP contribution in [-0.4, -0.2) is 51.4 Å². The molecule has 2 rings (SSSR count). The van der Waals surface area contributed by atoms with Crippen LogP contribution < -0.4 is 16.9 Å². The molecule has 7 heteroatoms. The number of hydrogen-bond donors (Lipinski definition) is 2. The standard InChI is InChI=1S/C20H36BN3O2.ClH/c1-20(2)16-25-21(26-17-20)19-9-7-8-18(14-19)15-24(12-5-3-10-22)13-6-4-11-23;/h7-9,14H,3-6,10-13,15-17,22-23H2,1-2H3;1H. The van der Waals surface area contributed by atoms with Gasteiger partial charge < -0.3 is 20.8 Å². The molecule has 0 radical (unpaired) electrons. The summed E-state index contributed by atoms with van der Waals surface area (Å²) in [5, 5.41) is 0. The molecule has 1 fully saturated rings. The maximum atomic E-state index is 5.93. The molecule has 4 N–H and O–H groups in total. The first-order valence-corrected chi connectivity index (χ1v) is 9.98. The Morgan fingerprint density at radius 2 is 1.59 bits per heavy atom. The van der Waals surface area contributed by atoms with Crippen molar-refractivity contribution in [3.63, 3.8) is 0 Å². The highest BCUT2D eigenvalue weighted by atomic mass is 35.5. The van der Waals surface area contributed by atoms with Crippen molar-refractivity contribution in [3.05, 3.63) is 29.8 Å². The van der Waals surface area contributed by atoms with E-state index in [0.717, 1.165) is 77.1 Å². The highest BCUT2D eigenvalue weighted by Crippen LogP contribution is 2.21. The lowest BCUT2D eigenvalue weighted by atomic mass is 9.75. The average molecular weight is 398 g/mol. The van der Waals surface area contributed by atoms with E-state index in [1.807, 2.05) is 0 Å². The Bertz CT molecular complexity index is 514. The van der Waals surface area contributed by atoms with Gasteiger partial charge in [0, 0.05) is 25.2 Å². The Morgan fingerprint density at radius 3 is 2.15 bits per heavy atom. The molecule has 1 aromatic carbocycles. The summed E-state index contributed by atoms with van der Waals surface area (Å²) in [5.74, 6) is 0. The molecule has 1 saturated heterocycles. The van der Waals surface area contributed by atoms with E-state index in [-0.39, 0.29) is 24.9 Å². The molecule has 0 aliphatic carbocycles. The Morgan fingerprint density at radius 1 is 1.00 bits per heavy atom. The van der Waals surface area contributed by atoms with Crippen LogP contribution in [-0.2, 0) is 15.9 Å². The predicted octanol–water partition coefficient (Wildman–Crippen LogP) is 2.16. The van der Waals surface area contributed by atoms with Crippen molar-refractivity contribution >= 4 is 25.0 Å². The average Bonchev–Trinajstić information content (AvgIpc) is 2.62. The minimum Gasteiger partial charge on any atom is -0.407 e. The Hall–Kier alpha value is -0.625. The van der Waals surface area contributed by atoms with Gasteiger partial charge in [-0.2, -0.15) is 0 Å². The van der Waals surface area contributed by atoms with Crippen molar-refractivity contribution < 1.29 is 9.31 Å². The molecule has 1 aromatic rings. The van der Waals surface area contributed by atoms with Crippen LogP contribution in [0.1, 0.15) is 45.1 Å². The van der Waals surface area contributed by atoms with Crippen molar-refractivity contribution in [2.75, 3.05) is 39.4 Å². The van der Waals surface area contributed by atoms with Gasteiger partial charge in [-0.3, -0.25) is 4.90 Å². The van der Waals surface area contributed by atoms with Crippen molar-refractivity contribution in [2.45, 2.75) is 46.1 Å². The largest absolute Gasteiger partial charge is 0.493 e. The van der Waals surface area contributed by atoms with Gasteiger partial charge in [0.15, 0.2) is 0 Å². The van der Waals surface area contributed by atoms with Crippen LogP contribution in [0.25, 0.3) is 0 Å². The molecule has 0 saturated carbocycles. The fourth-order valence-electron chi connectivity index (χ4n) is 3.21. The van der Waals surface area contributed by atoms with Crippen LogP contribution in [0.3, 0.4) is 0 Å². The van der Waals surface area contributed by atoms with Crippen LogP contribution >= 0.6 is 12.4 Å². The highest BCUT2D eigenvalue weighted by molar-refractivity contribution is 6.61.